The van der Waals surface area contributed by atoms with Crippen LogP contribution >= 0.6 is 0 Å². The van der Waals surface area contributed by atoms with Crippen molar-refractivity contribution < 1.29 is 91.9 Å². The fourth-order valence-electron chi connectivity index (χ4n) is 3.49. The topological polar surface area (TPSA) is 55.9 Å². The van der Waals surface area contributed by atoms with E-state index in [4.69, 9.17) is 11.5 Å². The Balaban J connectivity index is 0.00000121. The van der Waals surface area contributed by atoms with Crippen LogP contribution in [0, 0.1) is 0 Å². The summed E-state index contributed by atoms with van der Waals surface area (Å²) in [7, 11) is 0. The number of fused-ring (bicyclic) bond motifs is 3. The molecule has 0 bridgehead atoms. The van der Waals surface area contributed by atoms with E-state index in [-0.39, 0.29) is 87.3 Å². The van der Waals surface area contributed by atoms with E-state index in [1.807, 2.05) is 18.2 Å². The molecule has 3 aromatic carbocycles. The molecule has 0 aliphatic rings. The van der Waals surface area contributed by atoms with Gasteiger partial charge in [-0.2, -0.15) is 4.57 Å². The van der Waals surface area contributed by atoms with Gasteiger partial charge in [0.2, 0.25) is 11.2 Å². The molecule has 0 aliphatic heterocycles. The number of nitrogens with two attached hydrogens (primary N) is 2. The molecule has 0 radical (unpaired) electrons. The molecule has 1 aromatic heterocycles. The molecule has 4 aromatic rings. The van der Waals surface area contributed by atoms with Crippen LogP contribution in [0.2, 0.25) is 0 Å². The van der Waals surface area contributed by atoms with Crippen LogP contribution in [0.1, 0.15) is 8.35 Å². The molecule has 0 saturated carbocycles. The summed E-state index contributed by atoms with van der Waals surface area (Å²) in [5.41, 5.74) is 17.2. The first-order chi connectivity index (χ1) is 11.7. The average molecular weight is 528 g/mol. The van der Waals surface area contributed by atoms with E-state index < -0.39 is 0 Å². The van der Waals surface area contributed by atoms with E-state index in [2.05, 4.69) is 60.0 Å². The maximum Gasteiger partial charge on any atom is 1.00 e. The molecule has 0 saturated heterocycles. The number of nitrogens with zero attached hydrogens (tertiary/aromatic N) is 1. The van der Waals surface area contributed by atoms with Crippen molar-refractivity contribution in [3.63, 3.8) is 0 Å². The number of aryl methyl sites for hydroxylation is 1. The fourth-order valence-corrected chi connectivity index (χ4v) is 3.49. The molecule has 26 heavy (non-hydrogen) atoms. The number of pyridine rings is 1. The van der Waals surface area contributed by atoms with E-state index in [1.165, 1.54) is 27.4 Å². The molecule has 0 spiro atoms. The Morgan fingerprint density at radius 2 is 1.42 bits per heavy atom. The van der Waals surface area contributed by atoms with Crippen molar-refractivity contribution in [2.24, 2.45) is 0 Å². The fraction of sp³-hybridized carbons (Fsp3) is 0.0952. The molecule has 0 aliphatic carbocycles. The van der Waals surface area contributed by atoms with Crippen LogP contribution in [-0.2, 0) is 6.54 Å². The van der Waals surface area contributed by atoms with Gasteiger partial charge >= 0.3 is 68.9 Å². The van der Waals surface area contributed by atoms with Crippen LogP contribution < -0.4 is 102 Å². The minimum Gasteiger partial charge on any atom is -1.00 e. The standard InChI is InChI=1S/C21H19N3.BrH.Cs.H/c1-2-24-20-13-16(23)9-11-18(20)17-10-8-15(22)12-19(17)21(24)14-6-4-3-5-7-14;;;/h3-13,23H,2,22H2,1H3;1H;;/q;;+1;-1. The van der Waals surface area contributed by atoms with Gasteiger partial charge in [0, 0.05) is 28.4 Å². The van der Waals surface area contributed by atoms with Crippen molar-refractivity contribution >= 4 is 33.1 Å². The Morgan fingerprint density at radius 1 is 0.808 bits per heavy atom. The van der Waals surface area contributed by atoms with Gasteiger partial charge in [0.1, 0.15) is 6.54 Å². The molecule has 5 heteroatoms. The maximum absolute atomic E-state index is 6.10. The van der Waals surface area contributed by atoms with Crippen LogP contribution in [0.25, 0.3) is 32.9 Å². The third-order valence-corrected chi connectivity index (χ3v) is 4.53. The first-order valence-electron chi connectivity index (χ1n) is 8.18. The summed E-state index contributed by atoms with van der Waals surface area (Å²) in [6, 6.07) is 22.7. The first kappa shape index (κ1) is 21.8. The van der Waals surface area contributed by atoms with E-state index in [9.17, 15) is 0 Å². The predicted octanol–water partition coefficient (Wildman–Crippen LogP) is -1.75. The monoisotopic (exact) mass is 527 g/mol. The number of nitrogen functional groups attached to an aromatic ring is 2. The van der Waals surface area contributed by atoms with Gasteiger partial charge in [-0.1, -0.05) is 24.3 Å². The second-order valence-corrected chi connectivity index (χ2v) is 6.04. The normalized spacial score (nSPS) is 10.3. The van der Waals surface area contributed by atoms with Gasteiger partial charge in [0.25, 0.3) is 0 Å². The number of aromatic nitrogens is 1. The number of rotatable bonds is 2. The van der Waals surface area contributed by atoms with Gasteiger partial charge in [0.05, 0.1) is 10.8 Å². The van der Waals surface area contributed by atoms with Crippen LogP contribution in [0.3, 0.4) is 0 Å². The van der Waals surface area contributed by atoms with Gasteiger partial charge in [-0.15, -0.1) is 0 Å². The largest absolute Gasteiger partial charge is 1.00 e. The summed E-state index contributed by atoms with van der Waals surface area (Å²) in [5.74, 6) is 0. The second kappa shape index (κ2) is 9.10. The summed E-state index contributed by atoms with van der Waals surface area (Å²) in [6.07, 6.45) is 0. The Labute approximate surface area is 224 Å². The minimum absolute atomic E-state index is 0. The molecule has 0 fully saturated rings. The van der Waals surface area contributed by atoms with E-state index in [0.717, 1.165) is 23.4 Å². The van der Waals surface area contributed by atoms with Gasteiger partial charge in [-0.3, -0.25) is 0 Å². The van der Waals surface area contributed by atoms with Crippen LogP contribution in [0.4, 0.5) is 11.4 Å². The van der Waals surface area contributed by atoms with Crippen molar-refractivity contribution in [2.45, 2.75) is 13.5 Å². The Kier molecular flexibility index (Phi) is 7.62. The van der Waals surface area contributed by atoms with Crippen molar-refractivity contribution in [1.82, 2.24) is 0 Å². The molecular weight excluding hydrogens is 507 g/mol. The zero-order valence-corrected chi connectivity index (χ0v) is 22.9. The summed E-state index contributed by atoms with van der Waals surface area (Å²) in [5, 5.41) is 3.56. The number of benzene rings is 3. The van der Waals surface area contributed by atoms with Gasteiger partial charge in [-0.05, 0) is 43.3 Å². The molecule has 128 valence electrons. The quantitative estimate of drug-likeness (QED) is 0.185. The van der Waals surface area contributed by atoms with Crippen molar-refractivity contribution in [2.75, 3.05) is 11.5 Å². The molecule has 0 amide bonds. The number of anilines is 2. The third-order valence-electron chi connectivity index (χ3n) is 4.53. The zero-order valence-electron chi connectivity index (χ0n) is 16.0. The zero-order chi connectivity index (χ0) is 16.7. The minimum atomic E-state index is 0. The number of hydrogen-bond acceptors (Lipinski definition) is 2. The summed E-state index contributed by atoms with van der Waals surface area (Å²) in [6.45, 7) is 3.02. The Morgan fingerprint density at radius 3 is 2.08 bits per heavy atom. The van der Waals surface area contributed by atoms with Gasteiger partial charge in [-0.25, -0.2) is 0 Å². The Bertz CT molecular complexity index is 1070. The predicted molar refractivity (Wildman–Crippen MR) is 103 cm³/mol. The molecule has 3 nitrogen and oxygen atoms in total. The molecule has 0 unspecified atom stereocenters. The first-order valence-corrected chi connectivity index (χ1v) is 8.18. The molecular formula is C21H21BrCsN3. The molecule has 4 N–H and O–H groups in total. The van der Waals surface area contributed by atoms with Crippen molar-refractivity contribution in [3.8, 4) is 11.3 Å². The summed E-state index contributed by atoms with van der Waals surface area (Å²) >= 11 is 0. The molecule has 4 rings (SSSR count). The third kappa shape index (κ3) is 3.85. The number of halogens is 1. The van der Waals surface area contributed by atoms with Crippen LogP contribution in [0.15, 0.2) is 66.7 Å². The van der Waals surface area contributed by atoms with E-state index in [1.54, 1.807) is 0 Å². The molecule has 1 heterocycles. The number of hydrogen-bond donors (Lipinski definition) is 2. The van der Waals surface area contributed by atoms with Crippen molar-refractivity contribution in [3.05, 3.63) is 66.7 Å². The summed E-state index contributed by atoms with van der Waals surface area (Å²) < 4.78 is 2.32. The van der Waals surface area contributed by atoms with Crippen molar-refractivity contribution in [1.29, 1.82) is 0 Å². The van der Waals surface area contributed by atoms with E-state index in [0.29, 0.717) is 0 Å². The van der Waals surface area contributed by atoms with Gasteiger partial charge < -0.3 is 29.9 Å². The smallest absolute Gasteiger partial charge is 1.00 e. The molecule has 0 atom stereocenters. The van der Waals surface area contributed by atoms with Gasteiger partial charge in [0.15, 0.2) is 0 Å². The van der Waals surface area contributed by atoms with Crippen LogP contribution in [0.5, 0.6) is 0 Å². The van der Waals surface area contributed by atoms with E-state index >= 15 is 0 Å². The second-order valence-electron chi connectivity index (χ2n) is 6.04. The summed E-state index contributed by atoms with van der Waals surface area (Å²) in [4.78, 5) is 0. The SMILES string of the molecule is CC[n+]1c(-c2ccccc2)c2cc(N)ccc2c2ccc(N)cc21.[Br-].[Cs+].[H-]. The van der Waals surface area contributed by atoms with Crippen LogP contribution in [-0.4, -0.2) is 0 Å². The maximum atomic E-state index is 6.10. The average Bonchev–Trinajstić information content (AvgIpc) is 2.61. The Hall–Kier alpha value is -0.538.